The number of aliphatic carboxylic acids is 1. The monoisotopic (exact) mass is 362 g/mol. The molecule has 136 valence electrons. The second-order valence-corrected chi connectivity index (χ2v) is 7.50. The summed E-state index contributed by atoms with van der Waals surface area (Å²) in [7, 11) is 0. The highest BCUT2D eigenvalue weighted by atomic mass is 16.4. The van der Waals surface area contributed by atoms with Crippen LogP contribution in [-0.4, -0.2) is 44.3 Å². The Bertz CT molecular complexity index is 1020. The van der Waals surface area contributed by atoms with Crippen molar-refractivity contribution in [2.45, 2.75) is 31.6 Å². The summed E-state index contributed by atoms with van der Waals surface area (Å²) in [5, 5.41) is 10.1. The molecule has 2 aliphatic heterocycles. The zero-order valence-electron chi connectivity index (χ0n) is 14.8. The third kappa shape index (κ3) is 1.87. The van der Waals surface area contributed by atoms with E-state index in [2.05, 4.69) is 0 Å². The second kappa shape index (κ2) is 5.19. The second-order valence-electron chi connectivity index (χ2n) is 7.50. The Labute approximate surface area is 156 Å². The number of hydrogen-bond acceptors (Lipinski definition) is 3. The van der Waals surface area contributed by atoms with Gasteiger partial charge < -0.3 is 14.9 Å². The average molecular weight is 362 g/mol. The van der Waals surface area contributed by atoms with Crippen LogP contribution < -0.4 is 0 Å². The molecule has 2 heterocycles. The molecule has 0 aromatic heterocycles. The molecule has 0 bridgehead atoms. The minimum atomic E-state index is -1.38. The number of carbonyl (C=O) groups is 3. The van der Waals surface area contributed by atoms with Crippen LogP contribution in [0.5, 0.6) is 0 Å². The molecule has 6 nitrogen and oxygen atoms in total. The van der Waals surface area contributed by atoms with Crippen molar-refractivity contribution in [1.29, 1.82) is 0 Å². The summed E-state index contributed by atoms with van der Waals surface area (Å²) in [5.74, 6) is -1.82. The molecule has 3 unspecified atom stereocenters. The fraction of sp³-hybridized carbons (Fsp3) is 0.286. The fourth-order valence-corrected chi connectivity index (χ4v) is 4.93. The van der Waals surface area contributed by atoms with E-state index in [1.54, 1.807) is 23.1 Å². The van der Waals surface area contributed by atoms with Gasteiger partial charge in [0, 0.05) is 30.1 Å². The molecule has 3 atom stereocenters. The van der Waals surface area contributed by atoms with Crippen LogP contribution in [0.25, 0.3) is 0 Å². The van der Waals surface area contributed by atoms with E-state index in [0.717, 1.165) is 11.1 Å². The number of carboxylic acids is 1. The molecule has 2 amide bonds. The molecule has 1 N–H and O–H groups in total. The van der Waals surface area contributed by atoms with Gasteiger partial charge in [-0.25, -0.2) is 4.79 Å². The summed E-state index contributed by atoms with van der Waals surface area (Å²) < 4.78 is 0. The lowest BCUT2D eigenvalue weighted by Crippen LogP contribution is -2.50. The smallest absolute Gasteiger partial charge is 0.332 e. The molecule has 0 radical (unpaired) electrons. The maximum absolute atomic E-state index is 13.0. The fourth-order valence-electron chi connectivity index (χ4n) is 4.93. The van der Waals surface area contributed by atoms with Crippen LogP contribution in [0.2, 0.25) is 0 Å². The van der Waals surface area contributed by atoms with Gasteiger partial charge in [0.25, 0.3) is 11.8 Å². The highest BCUT2D eigenvalue weighted by Gasteiger charge is 2.76. The molecular formula is C21H18N2O4. The predicted molar refractivity (Wildman–Crippen MR) is 95.9 cm³/mol. The summed E-state index contributed by atoms with van der Waals surface area (Å²) >= 11 is 0. The van der Waals surface area contributed by atoms with E-state index in [0.29, 0.717) is 17.7 Å². The predicted octanol–water partition coefficient (Wildman–Crippen LogP) is 2.14. The summed E-state index contributed by atoms with van der Waals surface area (Å²) in [5.41, 5.74) is 1.52. The first-order chi connectivity index (χ1) is 13.0. The van der Waals surface area contributed by atoms with E-state index in [4.69, 9.17) is 0 Å². The van der Waals surface area contributed by atoms with Crippen molar-refractivity contribution < 1.29 is 19.5 Å². The van der Waals surface area contributed by atoms with Crippen molar-refractivity contribution in [1.82, 2.24) is 9.80 Å². The Kier molecular flexibility index (Phi) is 3.09. The van der Waals surface area contributed by atoms with E-state index in [1.807, 2.05) is 37.3 Å². The van der Waals surface area contributed by atoms with Crippen molar-refractivity contribution in [3.05, 3.63) is 70.8 Å². The van der Waals surface area contributed by atoms with Gasteiger partial charge in [0.15, 0.2) is 5.54 Å². The molecule has 1 saturated carbocycles. The number of benzene rings is 2. The van der Waals surface area contributed by atoms with E-state index in [-0.39, 0.29) is 24.3 Å². The number of hydrogen-bond donors (Lipinski definition) is 1. The molecule has 1 fully saturated rings. The Morgan fingerprint density at radius 3 is 2.07 bits per heavy atom. The lowest BCUT2D eigenvalue weighted by Gasteiger charge is -2.28. The van der Waals surface area contributed by atoms with Gasteiger partial charge in [-0.3, -0.25) is 9.59 Å². The molecule has 2 aromatic carbocycles. The molecule has 2 aromatic rings. The first kappa shape index (κ1) is 16.1. The average Bonchev–Trinajstić information content (AvgIpc) is 2.95. The summed E-state index contributed by atoms with van der Waals surface area (Å²) in [6.07, 6.45) is 0. The minimum Gasteiger partial charge on any atom is -0.479 e. The number of nitrogens with zero attached hydrogens (tertiary/aromatic N) is 2. The Hall–Kier alpha value is -3.15. The molecule has 5 rings (SSSR count). The first-order valence-electron chi connectivity index (χ1n) is 9.00. The molecule has 0 spiro atoms. The number of carbonyl (C=O) groups excluding carboxylic acids is 2. The van der Waals surface area contributed by atoms with Crippen LogP contribution in [0.15, 0.2) is 48.5 Å². The molecule has 27 heavy (non-hydrogen) atoms. The van der Waals surface area contributed by atoms with E-state index in [9.17, 15) is 19.5 Å². The third-order valence-electron chi connectivity index (χ3n) is 6.31. The normalized spacial score (nSPS) is 28.3. The van der Waals surface area contributed by atoms with E-state index in [1.165, 1.54) is 4.90 Å². The lowest BCUT2D eigenvalue weighted by molar-refractivity contribution is -0.145. The minimum absolute atomic E-state index is 0.158. The number of amides is 2. The number of rotatable bonds is 3. The summed E-state index contributed by atoms with van der Waals surface area (Å²) in [4.78, 5) is 41.3. The number of carboxylic acid groups (broad SMARTS) is 1. The highest BCUT2D eigenvalue weighted by molar-refractivity contribution is 6.05. The van der Waals surface area contributed by atoms with Crippen LogP contribution in [0.1, 0.15) is 38.8 Å². The number of fused-ring (bicyclic) bond motifs is 2. The molecule has 1 aliphatic carbocycles. The van der Waals surface area contributed by atoms with Gasteiger partial charge in [-0.15, -0.1) is 0 Å². The van der Waals surface area contributed by atoms with Gasteiger partial charge in [0.05, 0.1) is 6.04 Å². The molecule has 0 saturated heterocycles. The van der Waals surface area contributed by atoms with Crippen molar-refractivity contribution in [3.8, 4) is 0 Å². The standard InChI is InChI=1S/C21H18N2O4/c1-12-17(22-10-13-6-2-4-8-15(13)18(22)24)21(12,20(26)27)23-11-14-7-3-5-9-16(14)19(23)25/h2-9,12,17H,10-11H2,1H3,(H,26,27). The third-order valence-corrected chi connectivity index (χ3v) is 6.31. The summed E-state index contributed by atoms with van der Waals surface area (Å²) in [6, 6.07) is 14.0. The molecule has 6 heteroatoms. The van der Waals surface area contributed by atoms with E-state index < -0.39 is 17.6 Å². The van der Waals surface area contributed by atoms with Crippen LogP contribution in [-0.2, 0) is 17.9 Å². The van der Waals surface area contributed by atoms with Crippen LogP contribution >= 0.6 is 0 Å². The largest absolute Gasteiger partial charge is 0.479 e. The molecular weight excluding hydrogens is 344 g/mol. The van der Waals surface area contributed by atoms with Crippen LogP contribution in [0.3, 0.4) is 0 Å². The topological polar surface area (TPSA) is 77.9 Å². The Morgan fingerprint density at radius 1 is 0.963 bits per heavy atom. The van der Waals surface area contributed by atoms with Crippen molar-refractivity contribution >= 4 is 17.8 Å². The van der Waals surface area contributed by atoms with Crippen LogP contribution in [0, 0.1) is 5.92 Å². The van der Waals surface area contributed by atoms with Gasteiger partial charge >= 0.3 is 5.97 Å². The van der Waals surface area contributed by atoms with Gasteiger partial charge in [0.2, 0.25) is 0 Å². The van der Waals surface area contributed by atoms with Crippen molar-refractivity contribution in [2.24, 2.45) is 5.92 Å². The SMILES string of the molecule is CC1C(N2Cc3ccccc3C2=O)C1(C(=O)O)N1Cc2ccccc2C1=O. The van der Waals surface area contributed by atoms with Gasteiger partial charge in [-0.2, -0.15) is 0 Å². The summed E-state index contributed by atoms with van der Waals surface area (Å²) in [6.45, 7) is 2.45. The van der Waals surface area contributed by atoms with Gasteiger partial charge in [-0.1, -0.05) is 43.3 Å². The van der Waals surface area contributed by atoms with Gasteiger partial charge in [-0.05, 0) is 23.3 Å². The zero-order chi connectivity index (χ0) is 18.9. The highest BCUT2D eigenvalue weighted by Crippen LogP contribution is 2.55. The van der Waals surface area contributed by atoms with E-state index >= 15 is 0 Å². The molecule has 3 aliphatic rings. The maximum atomic E-state index is 13.0. The first-order valence-corrected chi connectivity index (χ1v) is 9.00. The lowest BCUT2D eigenvalue weighted by atomic mass is 10.1. The Morgan fingerprint density at radius 2 is 1.52 bits per heavy atom. The zero-order valence-corrected chi connectivity index (χ0v) is 14.8. The van der Waals surface area contributed by atoms with Gasteiger partial charge in [0.1, 0.15) is 0 Å². The van der Waals surface area contributed by atoms with Crippen LogP contribution in [0.4, 0.5) is 0 Å². The van der Waals surface area contributed by atoms with Crippen molar-refractivity contribution in [2.75, 3.05) is 0 Å². The maximum Gasteiger partial charge on any atom is 0.332 e. The van der Waals surface area contributed by atoms with Crippen molar-refractivity contribution in [3.63, 3.8) is 0 Å². The Balaban J connectivity index is 1.53. The quantitative estimate of drug-likeness (QED) is 0.907.